The Balaban J connectivity index is 1.58. The van der Waals surface area contributed by atoms with Crippen molar-refractivity contribution >= 4 is 23.2 Å². The van der Waals surface area contributed by atoms with Crippen molar-refractivity contribution in [2.75, 3.05) is 5.32 Å². The van der Waals surface area contributed by atoms with Crippen LogP contribution in [-0.4, -0.2) is 21.1 Å². The molecule has 1 amide bonds. The second-order valence-electron chi connectivity index (χ2n) is 5.23. The molecule has 1 heterocycles. The maximum Gasteiger partial charge on any atom is 0.232 e. The summed E-state index contributed by atoms with van der Waals surface area (Å²) in [5, 5.41) is 10.2. The highest BCUT2D eigenvalue weighted by molar-refractivity contribution is 6.30. The van der Waals surface area contributed by atoms with Crippen LogP contribution in [0.15, 0.2) is 48.5 Å². The summed E-state index contributed by atoms with van der Waals surface area (Å²) in [7, 11) is 0. The number of hydrogen-bond donors (Lipinski definition) is 2. The lowest BCUT2D eigenvalue weighted by atomic mass is 10.1. The van der Waals surface area contributed by atoms with E-state index < -0.39 is 0 Å². The Morgan fingerprint density at radius 2 is 1.83 bits per heavy atom. The van der Waals surface area contributed by atoms with Crippen molar-refractivity contribution in [2.24, 2.45) is 0 Å². The zero-order valence-corrected chi connectivity index (χ0v) is 13.3. The van der Waals surface area contributed by atoms with Gasteiger partial charge in [0, 0.05) is 17.1 Å². The number of halogens is 2. The molecule has 2 aromatic carbocycles. The molecule has 0 atom stereocenters. The molecule has 3 aromatic rings. The summed E-state index contributed by atoms with van der Waals surface area (Å²) in [4.78, 5) is 16.3. The van der Waals surface area contributed by atoms with E-state index in [1.807, 2.05) is 24.3 Å². The van der Waals surface area contributed by atoms with Gasteiger partial charge in [0.05, 0.1) is 6.42 Å². The first-order chi connectivity index (χ1) is 11.6. The maximum absolute atomic E-state index is 12.8. The summed E-state index contributed by atoms with van der Waals surface area (Å²) >= 11 is 5.85. The van der Waals surface area contributed by atoms with Crippen LogP contribution in [0, 0.1) is 5.82 Å². The molecule has 24 heavy (non-hydrogen) atoms. The van der Waals surface area contributed by atoms with Crippen LogP contribution in [-0.2, 0) is 17.6 Å². The number of nitrogens with zero attached hydrogens (tertiary/aromatic N) is 2. The Hall–Kier alpha value is -2.73. The highest BCUT2D eigenvalue weighted by atomic mass is 35.5. The Bertz CT molecular complexity index is 831. The molecule has 0 radical (unpaired) electrons. The Morgan fingerprint density at radius 3 is 2.54 bits per heavy atom. The minimum atomic E-state index is -0.353. The summed E-state index contributed by atoms with van der Waals surface area (Å²) in [6.07, 6.45) is 0.609. The van der Waals surface area contributed by atoms with Gasteiger partial charge in [0.15, 0.2) is 5.82 Å². The van der Waals surface area contributed by atoms with Crippen LogP contribution >= 0.6 is 11.6 Å². The molecule has 0 aliphatic heterocycles. The molecule has 7 heteroatoms. The normalized spacial score (nSPS) is 10.6. The van der Waals surface area contributed by atoms with Crippen LogP contribution in [0.1, 0.15) is 17.2 Å². The maximum atomic E-state index is 12.8. The molecule has 0 spiro atoms. The number of hydrogen-bond acceptors (Lipinski definition) is 3. The minimum Gasteiger partial charge on any atom is -0.326 e. The third kappa shape index (κ3) is 4.39. The second kappa shape index (κ2) is 7.23. The van der Waals surface area contributed by atoms with Crippen molar-refractivity contribution in [3.8, 4) is 0 Å². The quantitative estimate of drug-likeness (QED) is 0.745. The minimum absolute atomic E-state index is 0.0362. The van der Waals surface area contributed by atoms with Gasteiger partial charge in [-0.05, 0) is 42.0 Å². The first kappa shape index (κ1) is 16.1. The van der Waals surface area contributed by atoms with Gasteiger partial charge in [0.25, 0.3) is 0 Å². The van der Waals surface area contributed by atoms with Gasteiger partial charge in [-0.3, -0.25) is 9.89 Å². The molecule has 1 aromatic heterocycles. The van der Waals surface area contributed by atoms with E-state index in [1.165, 1.54) is 24.3 Å². The smallest absolute Gasteiger partial charge is 0.232 e. The zero-order chi connectivity index (χ0) is 16.9. The largest absolute Gasteiger partial charge is 0.326 e. The average molecular weight is 345 g/mol. The number of anilines is 1. The Morgan fingerprint density at radius 1 is 1.12 bits per heavy atom. The van der Waals surface area contributed by atoms with Crippen molar-refractivity contribution in [3.63, 3.8) is 0 Å². The number of benzene rings is 2. The summed E-state index contributed by atoms with van der Waals surface area (Å²) in [5.74, 6) is 0.452. The third-order valence-electron chi connectivity index (χ3n) is 3.31. The van der Waals surface area contributed by atoms with Crippen molar-refractivity contribution < 1.29 is 9.18 Å². The fraction of sp³-hybridized carbons (Fsp3) is 0.118. The second-order valence-corrected chi connectivity index (χ2v) is 5.67. The van der Waals surface area contributed by atoms with Crippen molar-refractivity contribution in [2.45, 2.75) is 12.8 Å². The number of H-pyrrole nitrogens is 1. The van der Waals surface area contributed by atoms with E-state index in [0.29, 0.717) is 28.8 Å². The molecular formula is C17H14ClFN4O. The van der Waals surface area contributed by atoms with Crippen LogP contribution in [0.3, 0.4) is 0 Å². The van der Waals surface area contributed by atoms with Gasteiger partial charge >= 0.3 is 0 Å². The molecule has 0 unspecified atom stereocenters. The molecule has 5 nitrogen and oxygen atoms in total. The predicted molar refractivity (Wildman–Crippen MR) is 89.4 cm³/mol. The van der Waals surface area contributed by atoms with Gasteiger partial charge in [-0.25, -0.2) is 9.37 Å². The molecule has 3 rings (SSSR count). The highest BCUT2D eigenvalue weighted by Crippen LogP contribution is 2.12. The number of amides is 1. The SMILES string of the molecule is O=C(Cc1n[nH]c(Cc2ccc(Cl)cc2)n1)Nc1ccc(F)cc1. The number of aromatic nitrogens is 3. The van der Waals surface area contributed by atoms with Gasteiger partial charge in [-0.15, -0.1) is 0 Å². The fourth-order valence-corrected chi connectivity index (χ4v) is 2.30. The van der Waals surface area contributed by atoms with E-state index in [9.17, 15) is 9.18 Å². The molecule has 0 saturated heterocycles. The van der Waals surface area contributed by atoms with Gasteiger partial charge in [-0.2, -0.15) is 5.10 Å². The van der Waals surface area contributed by atoms with Crippen molar-refractivity contribution in [1.29, 1.82) is 0 Å². The fourth-order valence-electron chi connectivity index (χ4n) is 2.17. The lowest BCUT2D eigenvalue weighted by molar-refractivity contribution is -0.115. The van der Waals surface area contributed by atoms with E-state index >= 15 is 0 Å². The lowest BCUT2D eigenvalue weighted by Gasteiger charge is -2.02. The molecular weight excluding hydrogens is 331 g/mol. The van der Waals surface area contributed by atoms with Crippen LogP contribution in [0.4, 0.5) is 10.1 Å². The summed E-state index contributed by atoms with van der Waals surface area (Å²) in [6.45, 7) is 0. The van der Waals surface area contributed by atoms with Crippen molar-refractivity contribution in [1.82, 2.24) is 15.2 Å². The van der Waals surface area contributed by atoms with Crippen LogP contribution in [0.2, 0.25) is 5.02 Å². The Kier molecular flexibility index (Phi) is 4.86. The molecule has 0 saturated carbocycles. The first-order valence-electron chi connectivity index (χ1n) is 7.28. The number of nitrogens with one attached hydrogen (secondary N) is 2. The molecule has 2 N–H and O–H groups in total. The van der Waals surface area contributed by atoms with Gasteiger partial charge in [-0.1, -0.05) is 23.7 Å². The number of carbonyl (C=O) groups excluding carboxylic acids is 1. The molecule has 0 bridgehead atoms. The lowest BCUT2D eigenvalue weighted by Crippen LogP contribution is -2.15. The van der Waals surface area contributed by atoms with E-state index in [2.05, 4.69) is 20.5 Å². The van der Waals surface area contributed by atoms with Crippen LogP contribution in [0.25, 0.3) is 0 Å². The summed E-state index contributed by atoms with van der Waals surface area (Å²) in [5.41, 5.74) is 1.57. The first-order valence-corrected chi connectivity index (χ1v) is 7.66. The van der Waals surface area contributed by atoms with Crippen LogP contribution in [0.5, 0.6) is 0 Å². The third-order valence-corrected chi connectivity index (χ3v) is 3.56. The molecule has 122 valence electrons. The summed E-state index contributed by atoms with van der Waals surface area (Å²) < 4.78 is 12.8. The van der Waals surface area contributed by atoms with Gasteiger partial charge in [0.1, 0.15) is 11.6 Å². The number of aromatic amines is 1. The van der Waals surface area contributed by atoms with E-state index in [1.54, 1.807) is 0 Å². The number of carbonyl (C=O) groups is 1. The molecule has 0 fully saturated rings. The highest BCUT2D eigenvalue weighted by Gasteiger charge is 2.10. The zero-order valence-electron chi connectivity index (χ0n) is 12.6. The van der Waals surface area contributed by atoms with Gasteiger partial charge in [0.2, 0.25) is 5.91 Å². The van der Waals surface area contributed by atoms with E-state index in [0.717, 1.165) is 5.56 Å². The van der Waals surface area contributed by atoms with E-state index in [4.69, 9.17) is 11.6 Å². The molecule has 0 aliphatic rings. The monoisotopic (exact) mass is 344 g/mol. The summed E-state index contributed by atoms with van der Waals surface area (Å²) in [6, 6.07) is 13.0. The van der Waals surface area contributed by atoms with E-state index in [-0.39, 0.29) is 18.1 Å². The average Bonchev–Trinajstić information content (AvgIpc) is 2.99. The van der Waals surface area contributed by atoms with Gasteiger partial charge < -0.3 is 5.32 Å². The predicted octanol–water partition coefficient (Wildman–Crippen LogP) is 3.37. The molecule has 0 aliphatic carbocycles. The van der Waals surface area contributed by atoms with Crippen molar-refractivity contribution in [3.05, 3.63) is 76.6 Å². The topological polar surface area (TPSA) is 70.7 Å². The number of rotatable bonds is 5. The Labute approximate surface area is 142 Å². The standard InChI is InChI=1S/C17H14ClFN4O/c18-12-3-1-11(2-4-12)9-15-21-16(23-22-15)10-17(24)20-14-7-5-13(19)6-8-14/h1-8H,9-10H2,(H,20,24)(H,21,22,23). The van der Waals surface area contributed by atoms with Crippen LogP contribution < -0.4 is 5.32 Å².